The molecule has 4 rings (SSSR count). The predicted octanol–water partition coefficient (Wildman–Crippen LogP) is 4.96. The van der Waals surface area contributed by atoms with Crippen LogP contribution in [0.5, 0.6) is 0 Å². The predicted molar refractivity (Wildman–Crippen MR) is 88.3 cm³/mol. The maximum Gasteiger partial charge on any atom is 0.257 e. The van der Waals surface area contributed by atoms with Gasteiger partial charge in [0.25, 0.3) is 5.22 Å². The van der Waals surface area contributed by atoms with Gasteiger partial charge in [-0.1, -0.05) is 28.5 Å². The molecule has 0 spiro atoms. The van der Waals surface area contributed by atoms with Gasteiger partial charge in [0.1, 0.15) is 11.3 Å². The number of nitrogens with zero attached hydrogens (tertiary/aromatic N) is 3. The van der Waals surface area contributed by atoms with Crippen LogP contribution in [-0.4, -0.2) is 15.1 Å². The normalized spacial score (nSPS) is 11.2. The molecule has 5 nitrogen and oxygen atoms in total. The first-order chi connectivity index (χ1) is 11.7. The van der Waals surface area contributed by atoms with Crippen molar-refractivity contribution >= 4 is 34.5 Å². The Hall–Kier alpha value is -2.38. The molecule has 2 aromatic heterocycles. The second kappa shape index (κ2) is 6.26. The van der Waals surface area contributed by atoms with E-state index in [0.29, 0.717) is 44.4 Å². The Bertz CT molecular complexity index is 1000. The van der Waals surface area contributed by atoms with Crippen molar-refractivity contribution in [1.82, 2.24) is 15.1 Å². The summed E-state index contributed by atoms with van der Waals surface area (Å²) in [4.78, 5) is 8.63. The summed E-state index contributed by atoms with van der Waals surface area (Å²) >= 11 is 7.27. The molecule has 4 aromatic rings. The standard InChI is InChI=1S/C16H9ClFN3O2S/c17-10-3-6-13-12(7-10)19-16(22-13)24-8-14-20-15(21-23-14)9-1-4-11(18)5-2-9/h1-7H,8H2. The third-order valence-electron chi connectivity index (χ3n) is 3.22. The van der Waals surface area contributed by atoms with Gasteiger partial charge in [-0.3, -0.25) is 0 Å². The number of thioether (sulfide) groups is 1. The van der Waals surface area contributed by atoms with Crippen LogP contribution in [0.4, 0.5) is 4.39 Å². The second-order valence-corrected chi connectivity index (χ2v) is 6.26. The molecule has 0 atom stereocenters. The third-order valence-corrected chi connectivity index (χ3v) is 4.27. The molecule has 0 bridgehead atoms. The molecule has 8 heteroatoms. The molecule has 0 saturated carbocycles. The quantitative estimate of drug-likeness (QED) is 0.478. The minimum absolute atomic E-state index is 0.311. The third kappa shape index (κ3) is 3.13. The van der Waals surface area contributed by atoms with Crippen molar-refractivity contribution in [1.29, 1.82) is 0 Å². The molecular formula is C16H9ClFN3O2S. The monoisotopic (exact) mass is 361 g/mol. The molecule has 0 unspecified atom stereocenters. The van der Waals surface area contributed by atoms with Gasteiger partial charge in [-0.15, -0.1) is 0 Å². The second-order valence-electron chi connectivity index (χ2n) is 4.90. The first-order valence-corrected chi connectivity index (χ1v) is 8.31. The number of hydrogen-bond donors (Lipinski definition) is 0. The van der Waals surface area contributed by atoms with Crippen LogP contribution in [0.15, 0.2) is 56.6 Å². The zero-order chi connectivity index (χ0) is 16.5. The Morgan fingerprint density at radius 3 is 2.75 bits per heavy atom. The molecular weight excluding hydrogens is 353 g/mol. The van der Waals surface area contributed by atoms with Gasteiger partial charge in [0.15, 0.2) is 5.58 Å². The van der Waals surface area contributed by atoms with Crippen molar-refractivity contribution in [2.24, 2.45) is 0 Å². The summed E-state index contributed by atoms with van der Waals surface area (Å²) in [6.07, 6.45) is 0. The molecule has 24 heavy (non-hydrogen) atoms. The van der Waals surface area contributed by atoms with E-state index >= 15 is 0 Å². The highest BCUT2D eigenvalue weighted by Crippen LogP contribution is 2.28. The summed E-state index contributed by atoms with van der Waals surface area (Å²) in [6, 6.07) is 11.2. The fourth-order valence-corrected chi connectivity index (χ4v) is 2.94. The number of rotatable bonds is 4. The molecule has 0 amide bonds. The van der Waals surface area contributed by atoms with E-state index in [1.54, 1.807) is 30.3 Å². The van der Waals surface area contributed by atoms with Gasteiger partial charge >= 0.3 is 0 Å². The summed E-state index contributed by atoms with van der Waals surface area (Å²) < 4.78 is 23.7. The van der Waals surface area contributed by atoms with Gasteiger partial charge in [0, 0.05) is 10.6 Å². The fraction of sp³-hybridized carbons (Fsp3) is 0.0625. The largest absolute Gasteiger partial charge is 0.431 e. The summed E-state index contributed by atoms with van der Waals surface area (Å²) in [5.74, 6) is 0.943. The van der Waals surface area contributed by atoms with Crippen molar-refractivity contribution in [3.05, 3.63) is 59.2 Å². The van der Waals surface area contributed by atoms with Crippen LogP contribution in [0.2, 0.25) is 5.02 Å². The molecule has 120 valence electrons. The lowest BCUT2D eigenvalue weighted by atomic mass is 10.2. The first kappa shape index (κ1) is 15.2. The van der Waals surface area contributed by atoms with Gasteiger partial charge in [-0.2, -0.15) is 4.98 Å². The number of aromatic nitrogens is 3. The average molecular weight is 362 g/mol. The number of halogens is 2. The van der Waals surface area contributed by atoms with Crippen LogP contribution in [0.3, 0.4) is 0 Å². The number of fused-ring (bicyclic) bond motifs is 1. The van der Waals surface area contributed by atoms with Gasteiger partial charge in [-0.05, 0) is 42.5 Å². The number of hydrogen-bond acceptors (Lipinski definition) is 6. The molecule has 0 N–H and O–H groups in total. The average Bonchev–Trinajstić information content (AvgIpc) is 3.19. The molecule has 0 fully saturated rings. The molecule has 0 radical (unpaired) electrons. The maximum absolute atomic E-state index is 12.9. The van der Waals surface area contributed by atoms with E-state index in [1.807, 2.05) is 0 Å². The lowest BCUT2D eigenvalue weighted by Gasteiger charge is -1.92. The minimum atomic E-state index is -0.311. The molecule has 0 aliphatic rings. The van der Waals surface area contributed by atoms with E-state index < -0.39 is 0 Å². The van der Waals surface area contributed by atoms with Crippen molar-refractivity contribution in [2.45, 2.75) is 11.0 Å². The van der Waals surface area contributed by atoms with Gasteiger partial charge in [-0.25, -0.2) is 9.37 Å². The smallest absolute Gasteiger partial charge is 0.257 e. The van der Waals surface area contributed by atoms with Crippen molar-refractivity contribution in [3.63, 3.8) is 0 Å². The number of oxazole rings is 1. The van der Waals surface area contributed by atoms with Gasteiger partial charge < -0.3 is 8.94 Å². The van der Waals surface area contributed by atoms with Gasteiger partial charge in [0.2, 0.25) is 11.7 Å². The topological polar surface area (TPSA) is 65.0 Å². The zero-order valence-corrected chi connectivity index (χ0v) is 13.6. The SMILES string of the molecule is Fc1ccc(-c2noc(CSc3nc4cc(Cl)ccc4o3)n2)cc1. The highest BCUT2D eigenvalue weighted by atomic mass is 35.5. The van der Waals surface area contributed by atoms with E-state index in [1.165, 1.54) is 23.9 Å². The molecule has 0 aliphatic heterocycles. The Balaban J connectivity index is 1.48. The maximum atomic E-state index is 12.9. The van der Waals surface area contributed by atoms with E-state index in [-0.39, 0.29) is 5.82 Å². The van der Waals surface area contributed by atoms with Crippen LogP contribution in [-0.2, 0) is 5.75 Å². The van der Waals surface area contributed by atoms with Crippen molar-refractivity contribution in [2.75, 3.05) is 0 Å². The summed E-state index contributed by atoms with van der Waals surface area (Å²) in [7, 11) is 0. The minimum Gasteiger partial charge on any atom is -0.431 e. The van der Waals surface area contributed by atoms with E-state index in [0.717, 1.165) is 0 Å². The highest BCUT2D eigenvalue weighted by molar-refractivity contribution is 7.98. The summed E-state index contributed by atoms with van der Waals surface area (Å²) in [5.41, 5.74) is 2.05. The number of benzene rings is 2. The summed E-state index contributed by atoms with van der Waals surface area (Å²) in [6.45, 7) is 0. The lowest BCUT2D eigenvalue weighted by molar-refractivity contribution is 0.391. The Kier molecular flexibility index (Phi) is 3.95. The van der Waals surface area contributed by atoms with E-state index in [9.17, 15) is 4.39 Å². The molecule has 0 saturated heterocycles. The Morgan fingerprint density at radius 1 is 1.08 bits per heavy atom. The Morgan fingerprint density at radius 2 is 1.92 bits per heavy atom. The fourth-order valence-electron chi connectivity index (χ4n) is 2.09. The van der Waals surface area contributed by atoms with Crippen LogP contribution >= 0.6 is 23.4 Å². The molecule has 2 heterocycles. The summed E-state index contributed by atoms with van der Waals surface area (Å²) in [5, 5.41) is 4.99. The lowest BCUT2D eigenvalue weighted by Crippen LogP contribution is -1.83. The van der Waals surface area contributed by atoms with Crippen LogP contribution in [0, 0.1) is 5.82 Å². The van der Waals surface area contributed by atoms with Crippen molar-refractivity contribution in [3.8, 4) is 11.4 Å². The van der Waals surface area contributed by atoms with E-state index in [2.05, 4.69) is 15.1 Å². The molecule has 0 aliphatic carbocycles. The van der Waals surface area contributed by atoms with Crippen LogP contribution < -0.4 is 0 Å². The van der Waals surface area contributed by atoms with Crippen molar-refractivity contribution < 1.29 is 13.3 Å². The Labute approximate surface area is 144 Å². The van der Waals surface area contributed by atoms with Crippen LogP contribution in [0.25, 0.3) is 22.5 Å². The van der Waals surface area contributed by atoms with Gasteiger partial charge in [0.05, 0.1) is 5.75 Å². The van der Waals surface area contributed by atoms with E-state index in [4.69, 9.17) is 20.5 Å². The first-order valence-electron chi connectivity index (χ1n) is 6.95. The van der Waals surface area contributed by atoms with Crippen LogP contribution in [0.1, 0.15) is 5.89 Å². The highest BCUT2D eigenvalue weighted by Gasteiger charge is 2.12. The molecule has 2 aromatic carbocycles. The zero-order valence-electron chi connectivity index (χ0n) is 12.1.